The lowest BCUT2D eigenvalue weighted by Crippen LogP contribution is -2.71. The number of carbonyl (C=O) groups is 5. The second kappa shape index (κ2) is 12.7. The number of non-ortho nitro benzene ring substituents is 1. The van der Waals surface area contributed by atoms with Gasteiger partial charge in [-0.2, -0.15) is 0 Å². The van der Waals surface area contributed by atoms with Gasteiger partial charge in [0.05, 0.1) is 4.92 Å². The highest BCUT2D eigenvalue weighted by Crippen LogP contribution is 2.50. The summed E-state index contributed by atoms with van der Waals surface area (Å²) in [6.45, 7) is 3.12. The first-order valence-corrected chi connectivity index (χ1v) is 13.9. The average Bonchev–Trinajstić information content (AvgIpc) is 3.22. The van der Waals surface area contributed by atoms with Crippen LogP contribution >= 0.6 is 23.4 Å². The molecule has 2 aliphatic heterocycles. The van der Waals surface area contributed by atoms with Crippen LogP contribution in [0.5, 0.6) is 5.75 Å². The fraction of sp³-hybridized carbons (Fsp3) is 0.346. The Morgan fingerprint density at radius 1 is 1.12 bits per heavy atom. The average molecular weight is 637 g/mol. The monoisotopic (exact) mass is 636 g/mol. The number of hydrogen-bond acceptors (Lipinski definition) is 11. The Kier molecular flexibility index (Phi) is 9.30. The minimum atomic E-state index is -1.40. The van der Waals surface area contributed by atoms with Gasteiger partial charge in [-0.25, -0.2) is 14.4 Å². The van der Waals surface area contributed by atoms with Crippen LogP contribution in [0, 0.1) is 10.1 Å². The minimum absolute atomic E-state index is 0.0490. The molecule has 0 saturated carbocycles. The molecular weight excluding hydrogens is 612 g/mol. The van der Waals surface area contributed by atoms with Crippen molar-refractivity contribution in [3.8, 4) is 5.75 Å². The number of alkyl carbamates (subject to hydrolysis) is 1. The summed E-state index contributed by atoms with van der Waals surface area (Å²) in [6.07, 6.45) is -2.08. The van der Waals surface area contributed by atoms with Crippen LogP contribution in [0.4, 0.5) is 15.3 Å². The van der Waals surface area contributed by atoms with Gasteiger partial charge in [0, 0.05) is 16.9 Å². The molecule has 2 aliphatic rings. The van der Waals surface area contributed by atoms with Gasteiger partial charge in [-0.1, -0.05) is 23.7 Å². The number of carboxylic acids is 1. The Balaban J connectivity index is 1.48. The molecule has 0 aliphatic carbocycles. The summed E-state index contributed by atoms with van der Waals surface area (Å²) in [7, 11) is 0. The molecule has 2 heterocycles. The van der Waals surface area contributed by atoms with E-state index < -0.39 is 69.3 Å². The van der Waals surface area contributed by atoms with Crippen LogP contribution < -0.4 is 15.4 Å². The number of nitro groups is 1. The third-order valence-electron chi connectivity index (χ3n) is 6.60. The lowest BCUT2D eigenvalue weighted by atomic mass is 9.95. The van der Waals surface area contributed by atoms with Crippen LogP contribution in [0.25, 0.3) is 0 Å². The van der Waals surface area contributed by atoms with Crippen molar-refractivity contribution >= 4 is 59.1 Å². The van der Waals surface area contributed by atoms with E-state index in [1.54, 1.807) is 13.8 Å². The van der Waals surface area contributed by atoms with Crippen LogP contribution in [-0.2, 0) is 30.5 Å². The molecule has 1 unspecified atom stereocenters. The Hall–Kier alpha value is -4.57. The van der Waals surface area contributed by atoms with E-state index in [1.165, 1.54) is 65.2 Å². The minimum Gasteiger partial charge on any atom is -0.480 e. The number of nitro benzene ring substituents is 1. The number of carboxylic acid groups (broad SMARTS) is 1. The number of halogens is 1. The van der Waals surface area contributed by atoms with Crippen LogP contribution in [-0.4, -0.2) is 73.2 Å². The molecule has 0 aromatic heterocycles. The number of carbonyl (C=O) groups excluding carboxylic acids is 4. The maximum Gasteiger partial charge on any atom is 0.515 e. The summed E-state index contributed by atoms with van der Waals surface area (Å²) >= 11 is 6.57. The molecule has 0 spiro atoms. The highest BCUT2D eigenvalue weighted by molar-refractivity contribution is 8.01. The number of ether oxygens (including phenoxy) is 3. The van der Waals surface area contributed by atoms with Crippen molar-refractivity contribution in [2.75, 3.05) is 6.07 Å². The van der Waals surface area contributed by atoms with Crippen molar-refractivity contribution in [2.24, 2.45) is 0 Å². The number of nitrogens with one attached hydrogen (secondary N) is 2. The van der Waals surface area contributed by atoms with Gasteiger partial charge in [-0.05, 0) is 49.2 Å². The summed E-state index contributed by atoms with van der Waals surface area (Å²) in [5.74, 6) is -2.49. The van der Waals surface area contributed by atoms with Crippen LogP contribution in [0.3, 0.4) is 0 Å². The number of nitrogens with zero attached hydrogens (tertiary/aromatic N) is 2. The SMILES string of the molecule is CC1(C)S[C@@H]2[C@H](NC(=O)C(NC(=O)OCc3ccc([N+](=O)[O-])cc3)c3ccc(OC(=O)OCCl)cc3)C(=O)N2[C@H]1C(=O)O. The molecule has 17 heteroatoms. The van der Waals surface area contributed by atoms with E-state index in [9.17, 15) is 39.2 Å². The molecular formula is C26H25ClN4O11S. The van der Waals surface area contributed by atoms with E-state index in [-0.39, 0.29) is 23.6 Å². The van der Waals surface area contributed by atoms with Crippen molar-refractivity contribution in [3.05, 3.63) is 69.8 Å². The van der Waals surface area contributed by atoms with Crippen molar-refractivity contribution in [3.63, 3.8) is 0 Å². The Morgan fingerprint density at radius 3 is 2.35 bits per heavy atom. The predicted molar refractivity (Wildman–Crippen MR) is 149 cm³/mol. The maximum absolute atomic E-state index is 13.5. The molecule has 228 valence electrons. The predicted octanol–water partition coefficient (Wildman–Crippen LogP) is 2.91. The first kappa shape index (κ1) is 31.4. The Labute approximate surface area is 252 Å². The Morgan fingerprint density at radius 2 is 1.77 bits per heavy atom. The van der Waals surface area contributed by atoms with Gasteiger partial charge in [0.2, 0.25) is 11.8 Å². The smallest absolute Gasteiger partial charge is 0.480 e. The molecule has 3 N–H and O–H groups in total. The molecule has 2 aromatic carbocycles. The number of aliphatic carboxylic acids is 1. The van der Waals surface area contributed by atoms with E-state index in [2.05, 4.69) is 15.4 Å². The second-order valence-corrected chi connectivity index (χ2v) is 11.8. The zero-order chi connectivity index (χ0) is 31.5. The topological polar surface area (TPSA) is 204 Å². The van der Waals surface area contributed by atoms with Crippen molar-refractivity contribution < 1.29 is 48.2 Å². The van der Waals surface area contributed by atoms with Gasteiger partial charge in [0.1, 0.15) is 35.9 Å². The maximum atomic E-state index is 13.5. The molecule has 3 amide bonds. The molecule has 2 saturated heterocycles. The molecule has 4 atom stereocenters. The Bertz CT molecular complexity index is 1440. The van der Waals surface area contributed by atoms with Gasteiger partial charge in [0.25, 0.3) is 5.69 Å². The van der Waals surface area contributed by atoms with Crippen LogP contribution in [0.2, 0.25) is 0 Å². The van der Waals surface area contributed by atoms with E-state index in [1.807, 2.05) is 0 Å². The van der Waals surface area contributed by atoms with E-state index in [0.717, 1.165) is 0 Å². The van der Waals surface area contributed by atoms with E-state index in [0.29, 0.717) is 5.56 Å². The lowest BCUT2D eigenvalue weighted by Gasteiger charge is -2.44. The number of alkyl halides is 1. The number of thioether (sulfide) groups is 1. The molecule has 2 aromatic rings. The molecule has 0 radical (unpaired) electrons. The van der Waals surface area contributed by atoms with Gasteiger partial charge < -0.3 is 34.9 Å². The zero-order valence-corrected chi connectivity index (χ0v) is 24.1. The zero-order valence-electron chi connectivity index (χ0n) is 22.6. The number of benzene rings is 2. The third-order valence-corrected chi connectivity index (χ3v) is 8.28. The number of rotatable bonds is 10. The highest BCUT2D eigenvalue weighted by atomic mass is 35.5. The fourth-order valence-electron chi connectivity index (χ4n) is 4.60. The summed E-state index contributed by atoms with van der Waals surface area (Å²) in [5, 5.41) is 24.9. The number of fused-ring (bicyclic) bond motifs is 1. The first-order valence-electron chi connectivity index (χ1n) is 12.5. The fourth-order valence-corrected chi connectivity index (χ4v) is 6.32. The highest BCUT2D eigenvalue weighted by Gasteiger charge is 2.64. The number of hydrogen-bond donors (Lipinski definition) is 3. The van der Waals surface area contributed by atoms with Gasteiger partial charge in [0.15, 0.2) is 6.07 Å². The largest absolute Gasteiger partial charge is 0.515 e. The summed E-state index contributed by atoms with van der Waals surface area (Å²) in [6, 6.07) is 6.78. The third kappa shape index (κ3) is 6.91. The van der Waals surface area contributed by atoms with Crippen molar-refractivity contribution in [2.45, 2.75) is 48.7 Å². The molecule has 43 heavy (non-hydrogen) atoms. The van der Waals surface area contributed by atoms with Gasteiger partial charge in [-0.3, -0.25) is 19.7 Å². The second-order valence-electron chi connectivity index (χ2n) is 9.84. The summed E-state index contributed by atoms with van der Waals surface area (Å²) in [4.78, 5) is 73.9. The van der Waals surface area contributed by atoms with Crippen molar-refractivity contribution in [1.29, 1.82) is 0 Å². The quantitative estimate of drug-likeness (QED) is 0.0860. The van der Waals surface area contributed by atoms with Gasteiger partial charge >= 0.3 is 18.2 Å². The molecule has 2 fully saturated rings. The standard InChI is InChI=1S/C26H25ClN4O11S/c1-26(2)19(23(34)35)30-21(33)18(22(30)43-26)28-20(32)17(14-5-9-16(10-6-14)42-25(37)41-12-27)29-24(36)40-11-13-3-7-15(8-4-13)31(38)39/h3-10,17-19,22H,11-12H2,1-2H3,(H,28,32)(H,29,36)(H,34,35)/t17?,18-,19+,22-/m1/s1. The normalized spacial score (nSPS) is 20.6. The van der Waals surface area contributed by atoms with Crippen LogP contribution in [0.15, 0.2) is 48.5 Å². The number of β-lactam (4-membered cyclic amide) rings is 1. The van der Waals surface area contributed by atoms with Gasteiger partial charge in [-0.15, -0.1) is 11.8 Å². The molecule has 4 rings (SSSR count). The summed E-state index contributed by atoms with van der Waals surface area (Å²) < 4.78 is 13.8. The van der Waals surface area contributed by atoms with E-state index in [4.69, 9.17) is 21.1 Å². The van der Waals surface area contributed by atoms with Crippen molar-refractivity contribution in [1.82, 2.24) is 15.5 Å². The molecule has 0 bridgehead atoms. The number of amides is 3. The van der Waals surface area contributed by atoms with Crippen LogP contribution in [0.1, 0.15) is 31.0 Å². The first-order chi connectivity index (χ1) is 20.3. The summed E-state index contributed by atoms with van der Waals surface area (Å²) in [5.41, 5.74) is 0.520. The lowest BCUT2D eigenvalue weighted by molar-refractivity contribution is -0.384. The van der Waals surface area contributed by atoms with E-state index >= 15 is 0 Å². The molecule has 15 nitrogen and oxygen atoms in total.